The number of hydrogen-bond acceptors (Lipinski definition) is 3. The second-order valence-corrected chi connectivity index (χ2v) is 11.1. The van der Waals surface area contributed by atoms with E-state index in [1.165, 1.54) is 4.90 Å². The van der Waals surface area contributed by atoms with Crippen LogP contribution in [0.5, 0.6) is 0 Å². The summed E-state index contributed by atoms with van der Waals surface area (Å²) in [7, 11) is 0. The van der Waals surface area contributed by atoms with Crippen LogP contribution in [0.4, 0.5) is 10.5 Å². The summed E-state index contributed by atoms with van der Waals surface area (Å²) >= 11 is 0. The van der Waals surface area contributed by atoms with Crippen LogP contribution in [0.25, 0.3) is 0 Å². The average molecular weight is 398 g/mol. The van der Waals surface area contributed by atoms with Crippen molar-refractivity contribution in [2.75, 3.05) is 11.9 Å². The minimum absolute atomic E-state index is 0.124. The van der Waals surface area contributed by atoms with Crippen LogP contribution in [0.15, 0.2) is 18.2 Å². The van der Waals surface area contributed by atoms with Crippen molar-refractivity contribution in [3.63, 3.8) is 0 Å². The van der Waals surface area contributed by atoms with Crippen LogP contribution >= 0.6 is 0 Å². The van der Waals surface area contributed by atoms with Crippen molar-refractivity contribution in [1.82, 2.24) is 9.80 Å². The summed E-state index contributed by atoms with van der Waals surface area (Å²) in [5, 5.41) is 2.96. The van der Waals surface area contributed by atoms with E-state index in [0.717, 1.165) is 25.8 Å². The van der Waals surface area contributed by atoms with Crippen LogP contribution in [0, 0.1) is 10.8 Å². The van der Waals surface area contributed by atoms with Gasteiger partial charge in [0, 0.05) is 23.8 Å². The number of rotatable bonds is 1. The first-order chi connectivity index (χ1) is 13.3. The van der Waals surface area contributed by atoms with E-state index in [-0.39, 0.29) is 34.7 Å². The molecule has 2 unspecified atom stereocenters. The number of carbonyl (C=O) groups is 3. The molecule has 1 aromatic carbocycles. The van der Waals surface area contributed by atoms with E-state index in [9.17, 15) is 14.4 Å². The van der Waals surface area contributed by atoms with Gasteiger partial charge in [-0.15, -0.1) is 0 Å². The number of imide groups is 1. The van der Waals surface area contributed by atoms with Crippen LogP contribution in [-0.4, -0.2) is 45.8 Å². The summed E-state index contributed by atoms with van der Waals surface area (Å²) in [6.07, 6.45) is 3.17. The Bertz CT molecular complexity index is 914. The fourth-order valence-electron chi connectivity index (χ4n) is 5.82. The molecule has 1 aromatic rings. The van der Waals surface area contributed by atoms with Gasteiger partial charge in [-0.2, -0.15) is 0 Å². The van der Waals surface area contributed by atoms with E-state index in [0.29, 0.717) is 16.8 Å². The van der Waals surface area contributed by atoms with Gasteiger partial charge in [-0.05, 0) is 69.1 Å². The maximum absolute atomic E-state index is 13.0. The number of fused-ring (bicyclic) bond motifs is 3. The topological polar surface area (TPSA) is 69.7 Å². The lowest BCUT2D eigenvalue weighted by molar-refractivity contribution is 0.0507. The van der Waals surface area contributed by atoms with Crippen LogP contribution < -0.4 is 5.32 Å². The third kappa shape index (κ3) is 3.32. The smallest absolute Gasteiger partial charge is 0.321 e. The number of nitrogens with one attached hydrogen (secondary N) is 1. The molecular weight excluding hydrogens is 366 g/mol. The number of likely N-dealkylation sites (tertiary alicyclic amines) is 1. The van der Waals surface area contributed by atoms with Crippen LogP contribution in [0.3, 0.4) is 0 Å². The molecule has 2 bridgehead atoms. The van der Waals surface area contributed by atoms with E-state index in [4.69, 9.17) is 0 Å². The van der Waals surface area contributed by atoms with Crippen LogP contribution in [0.2, 0.25) is 0 Å². The van der Waals surface area contributed by atoms with E-state index in [1.54, 1.807) is 18.2 Å². The number of urea groups is 1. The van der Waals surface area contributed by atoms with Gasteiger partial charge in [0.2, 0.25) is 0 Å². The highest BCUT2D eigenvalue weighted by Gasteiger charge is 2.51. The average Bonchev–Trinajstić information content (AvgIpc) is 2.96. The highest BCUT2D eigenvalue weighted by Crippen LogP contribution is 2.52. The molecule has 1 saturated heterocycles. The molecule has 29 heavy (non-hydrogen) atoms. The monoisotopic (exact) mass is 397 g/mol. The molecule has 1 aliphatic carbocycles. The van der Waals surface area contributed by atoms with Gasteiger partial charge in [-0.1, -0.05) is 20.8 Å². The second-order valence-electron chi connectivity index (χ2n) is 11.1. The van der Waals surface area contributed by atoms with Gasteiger partial charge in [-0.3, -0.25) is 14.5 Å². The summed E-state index contributed by atoms with van der Waals surface area (Å²) in [4.78, 5) is 41.7. The van der Waals surface area contributed by atoms with Crippen molar-refractivity contribution >= 4 is 23.5 Å². The third-order valence-electron chi connectivity index (χ3n) is 6.48. The van der Waals surface area contributed by atoms with Crippen molar-refractivity contribution in [1.29, 1.82) is 0 Å². The number of carbonyl (C=O) groups excluding carboxylic acids is 3. The molecule has 156 valence electrons. The molecule has 6 nitrogen and oxygen atoms in total. The fourth-order valence-corrected chi connectivity index (χ4v) is 5.82. The van der Waals surface area contributed by atoms with Crippen LogP contribution in [0.1, 0.15) is 81.5 Å². The van der Waals surface area contributed by atoms with E-state index >= 15 is 0 Å². The number of amides is 4. The Balaban J connectivity index is 1.54. The molecule has 2 aliphatic heterocycles. The molecule has 0 spiro atoms. The molecule has 0 aromatic heterocycles. The maximum Gasteiger partial charge on any atom is 0.322 e. The fraction of sp³-hybridized carbons (Fsp3) is 0.609. The van der Waals surface area contributed by atoms with Gasteiger partial charge in [0.05, 0.1) is 11.1 Å². The summed E-state index contributed by atoms with van der Waals surface area (Å²) < 4.78 is 0. The maximum atomic E-state index is 13.0. The highest BCUT2D eigenvalue weighted by molar-refractivity contribution is 6.22. The van der Waals surface area contributed by atoms with Crippen molar-refractivity contribution in [2.45, 2.75) is 72.4 Å². The molecule has 2 atom stereocenters. The molecule has 0 radical (unpaired) electrons. The molecule has 1 saturated carbocycles. The lowest BCUT2D eigenvalue weighted by Gasteiger charge is -2.39. The first-order valence-electron chi connectivity index (χ1n) is 10.4. The Kier molecular flexibility index (Phi) is 4.17. The Morgan fingerprint density at radius 3 is 2.38 bits per heavy atom. The number of benzene rings is 1. The first-order valence-corrected chi connectivity index (χ1v) is 10.4. The Hall–Kier alpha value is -2.37. The Morgan fingerprint density at radius 2 is 1.72 bits per heavy atom. The lowest BCUT2D eigenvalue weighted by Crippen LogP contribution is -2.45. The molecule has 3 aliphatic rings. The van der Waals surface area contributed by atoms with Crippen molar-refractivity contribution in [3.05, 3.63) is 29.3 Å². The van der Waals surface area contributed by atoms with Crippen molar-refractivity contribution < 1.29 is 14.4 Å². The van der Waals surface area contributed by atoms with E-state index in [1.807, 2.05) is 25.7 Å². The molecule has 4 amide bonds. The number of anilines is 1. The Morgan fingerprint density at radius 1 is 1.07 bits per heavy atom. The first kappa shape index (κ1) is 19.9. The lowest BCUT2D eigenvalue weighted by atomic mass is 9.65. The van der Waals surface area contributed by atoms with Crippen molar-refractivity contribution in [3.8, 4) is 0 Å². The summed E-state index contributed by atoms with van der Waals surface area (Å²) in [5.74, 6) is -0.584. The molecule has 2 heterocycles. The quantitative estimate of drug-likeness (QED) is 0.709. The summed E-state index contributed by atoms with van der Waals surface area (Å²) in [6.45, 7) is 13.1. The standard InChI is InChI=1S/C23H31N3O3/c1-21(2,3)26-18(27)16-8-7-14(9-17(16)19(26)28)24-20(29)25-13-23(6)11-15(25)10-22(4,5)12-23/h7-9,15H,10-13H2,1-6H3,(H,24,29). The minimum atomic E-state index is -0.591. The molecule has 6 heteroatoms. The van der Waals surface area contributed by atoms with E-state index < -0.39 is 5.54 Å². The van der Waals surface area contributed by atoms with Gasteiger partial charge in [0.25, 0.3) is 11.8 Å². The van der Waals surface area contributed by atoms with Gasteiger partial charge in [0.15, 0.2) is 0 Å². The van der Waals surface area contributed by atoms with Gasteiger partial charge in [0.1, 0.15) is 0 Å². The predicted molar refractivity (Wildman–Crippen MR) is 112 cm³/mol. The number of hydrogen-bond donors (Lipinski definition) is 1. The second kappa shape index (κ2) is 6.07. The summed E-state index contributed by atoms with van der Waals surface area (Å²) in [5.41, 5.74) is 1.12. The molecule has 4 rings (SSSR count). The predicted octanol–water partition coefficient (Wildman–Crippen LogP) is 4.51. The zero-order valence-electron chi connectivity index (χ0n) is 18.3. The SMILES string of the molecule is CC1(C)CC2CC(C)(CN2C(=O)Nc2ccc3c(c2)C(=O)N(C(C)(C)C)C3=O)C1. The minimum Gasteiger partial charge on any atom is -0.321 e. The largest absolute Gasteiger partial charge is 0.322 e. The molecule has 2 fully saturated rings. The van der Waals surface area contributed by atoms with Crippen molar-refractivity contribution in [2.24, 2.45) is 10.8 Å². The molecule has 1 N–H and O–H groups in total. The zero-order valence-corrected chi connectivity index (χ0v) is 18.3. The number of nitrogens with zero attached hydrogens (tertiary/aromatic N) is 2. The summed E-state index contributed by atoms with van der Waals surface area (Å²) in [6, 6.07) is 5.11. The Labute approximate surface area is 172 Å². The normalized spacial score (nSPS) is 28.0. The third-order valence-corrected chi connectivity index (χ3v) is 6.48. The van der Waals surface area contributed by atoms with Gasteiger partial charge >= 0.3 is 6.03 Å². The van der Waals surface area contributed by atoms with Gasteiger partial charge < -0.3 is 10.2 Å². The molecular formula is C23H31N3O3. The van der Waals surface area contributed by atoms with E-state index in [2.05, 4.69) is 26.1 Å². The van der Waals surface area contributed by atoms with Crippen LogP contribution in [-0.2, 0) is 0 Å². The highest BCUT2D eigenvalue weighted by atomic mass is 16.2. The zero-order chi connectivity index (χ0) is 21.4. The van der Waals surface area contributed by atoms with Gasteiger partial charge in [-0.25, -0.2) is 4.79 Å².